The van der Waals surface area contributed by atoms with Crippen molar-refractivity contribution in [3.05, 3.63) is 65.2 Å². The Morgan fingerprint density at radius 3 is 2.60 bits per heavy atom. The number of halogens is 3. The Morgan fingerprint density at radius 1 is 1.17 bits per heavy atom. The number of aliphatic imine (C=N–C) groups is 1. The highest BCUT2D eigenvalue weighted by Crippen LogP contribution is 2.35. The standard InChI is InChI=1S/C20H17F3N2O4S/c1-2-30(27,28)25-17-5-4-14(29-18-6-3-13(22)9-16(18)23)10-15(17)19-20(26)12(11-21)7-8-24-19/h3-10,19,25H,2,11H2,1H3. The fourth-order valence-electron chi connectivity index (χ4n) is 2.72. The Morgan fingerprint density at radius 2 is 1.93 bits per heavy atom. The lowest BCUT2D eigenvalue weighted by Crippen LogP contribution is -2.21. The van der Waals surface area contributed by atoms with Gasteiger partial charge in [-0.05, 0) is 43.3 Å². The number of ketones is 1. The zero-order chi connectivity index (χ0) is 21.9. The first kappa shape index (κ1) is 21.6. The lowest BCUT2D eigenvalue weighted by atomic mass is 9.95. The second kappa shape index (κ2) is 8.70. The van der Waals surface area contributed by atoms with E-state index in [4.69, 9.17) is 4.74 Å². The van der Waals surface area contributed by atoms with Crippen LogP contribution in [0.15, 0.2) is 53.0 Å². The summed E-state index contributed by atoms with van der Waals surface area (Å²) in [5, 5.41) is 0. The number of hydrogen-bond donors (Lipinski definition) is 1. The van der Waals surface area contributed by atoms with Crippen molar-refractivity contribution in [3.8, 4) is 11.5 Å². The lowest BCUT2D eigenvalue weighted by molar-refractivity contribution is -0.117. The second-order valence-corrected chi connectivity index (χ2v) is 8.33. The van der Waals surface area contributed by atoms with E-state index < -0.39 is 40.2 Å². The third kappa shape index (κ3) is 4.70. The van der Waals surface area contributed by atoms with Crippen LogP contribution in [0.25, 0.3) is 0 Å². The van der Waals surface area contributed by atoms with Gasteiger partial charge in [-0.2, -0.15) is 0 Å². The Labute approximate surface area is 171 Å². The molecule has 0 spiro atoms. The number of carbonyl (C=O) groups is 1. The monoisotopic (exact) mass is 438 g/mol. The van der Waals surface area contributed by atoms with Crippen LogP contribution in [-0.2, 0) is 14.8 Å². The van der Waals surface area contributed by atoms with E-state index in [1.54, 1.807) is 0 Å². The minimum atomic E-state index is -3.70. The van der Waals surface area contributed by atoms with Crippen molar-refractivity contribution < 1.29 is 31.1 Å². The van der Waals surface area contributed by atoms with E-state index in [2.05, 4.69) is 9.71 Å². The average Bonchev–Trinajstić information content (AvgIpc) is 2.71. The number of sulfonamides is 1. The van der Waals surface area contributed by atoms with Crippen LogP contribution >= 0.6 is 0 Å². The highest BCUT2D eigenvalue weighted by atomic mass is 32.2. The first-order valence-corrected chi connectivity index (χ1v) is 10.5. The number of nitrogens with one attached hydrogen (secondary N) is 1. The molecule has 0 radical (unpaired) electrons. The quantitative estimate of drug-likeness (QED) is 0.705. The van der Waals surface area contributed by atoms with E-state index >= 15 is 0 Å². The third-order valence-electron chi connectivity index (χ3n) is 4.30. The third-order valence-corrected chi connectivity index (χ3v) is 5.60. The van der Waals surface area contributed by atoms with Gasteiger partial charge in [-0.15, -0.1) is 0 Å². The van der Waals surface area contributed by atoms with Crippen molar-refractivity contribution in [2.45, 2.75) is 13.0 Å². The molecule has 1 atom stereocenters. The summed E-state index contributed by atoms with van der Waals surface area (Å²) in [6, 6.07) is 5.52. The molecule has 0 aliphatic carbocycles. The minimum Gasteiger partial charge on any atom is -0.454 e. The van der Waals surface area contributed by atoms with E-state index in [1.165, 1.54) is 37.4 Å². The summed E-state index contributed by atoms with van der Waals surface area (Å²) in [6.07, 6.45) is 2.50. The molecule has 30 heavy (non-hydrogen) atoms. The van der Waals surface area contributed by atoms with Crippen LogP contribution in [0, 0.1) is 11.6 Å². The molecule has 0 aromatic heterocycles. The van der Waals surface area contributed by atoms with Gasteiger partial charge in [-0.3, -0.25) is 14.5 Å². The van der Waals surface area contributed by atoms with Crippen molar-refractivity contribution in [2.24, 2.45) is 4.99 Å². The maximum Gasteiger partial charge on any atom is 0.232 e. The summed E-state index contributed by atoms with van der Waals surface area (Å²) in [7, 11) is -3.70. The van der Waals surface area contributed by atoms with Crippen molar-refractivity contribution >= 4 is 27.7 Å². The minimum absolute atomic E-state index is 0.0503. The first-order valence-electron chi connectivity index (χ1n) is 8.84. The molecule has 2 aromatic carbocycles. The van der Waals surface area contributed by atoms with Crippen molar-refractivity contribution in [3.63, 3.8) is 0 Å². The van der Waals surface area contributed by atoms with E-state index in [9.17, 15) is 26.4 Å². The van der Waals surface area contributed by atoms with Crippen LogP contribution < -0.4 is 9.46 Å². The Bertz CT molecular complexity index is 1150. The van der Waals surface area contributed by atoms with Gasteiger partial charge in [0.25, 0.3) is 0 Å². The molecule has 0 amide bonds. The molecule has 158 valence electrons. The number of ether oxygens (including phenoxy) is 1. The average molecular weight is 438 g/mol. The molecule has 2 aromatic rings. The number of carbonyl (C=O) groups excluding carboxylic acids is 1. The number of rotatable bonds is 7. The number of alkyl halides is 1. The molecule has 1 heterocycles. The number of Topliss-reactive ketones (excluding diaryl/α,β-unsaturated/α-hetero) is 1. The predicted octanol–water partition coefficient (Wildman–Crippen LogP) is 4.11. The molecule has 6 nitrogen and oxygen atoms in total. The van der Waals surface area contributed by atoms with Crippen LogP contribution in [0.4, 0.5) is 18.9 Å². The number of allylic oxidation sites excluding steroid dienone is 1. The van der Waals surface area contributed by atoms with Gasteiger partial charge in [0.15, 0.2) is 17.3 Å². The van der Waals surface area contributed by atoms with Gasteiger partial charge < -0.3 is 4.74 Å². The van der Waals surface area contributed by atoms with Crippen LogP contribution in [-0.4, -0.2) is 32.8 Å². The van der Waals surface area contributed by atoms with Gasteiger partial charge >= 0.3 is 0 Å². The van der Waals surface area contributed by atoms with E-state index in [-0.39, 0.29) is 34.1 Å². The molecule has 1 unspecified atom stereocenters. The zero-order valence-electron chi connectivity index (χ0n) is 15.7. The van der Waals surface area contributed by atoms with Crippen LogP contribution in [0.1, 0.15) is 18.5 Å². The zero-order valence-corrected chi connectivity index (χ0v) is 16.5. The summed E-state index contributed by atoms with van der Waals surface area (Å²) in [4.78, 5) is 16.6. The molecule has 0 saturated heterocycles. The highest BCUT2D eigenvalue weighted by Gasteiger charge is 2.28. The van der Waals surface area contributed by atoms with Gasteiger partial charge in [-0.25, -0.2) is 21.6 Å². The number of benzene rings is 2. The molecule has 0 saturated carbocycles. The Hall–Kier alpha value is -3.14. The smallest absolute Gasteiger partial charge is 0.232 e. The molecule has 0 fully saturated rings. The fraction of sp³-hybridized carbons (Fsp3) is 0.200. The summed E-state index contributed by atoms with van der Waals surface area (Å²) in [6.45, 7) is 0.430. The molecule has 1 aliphatic heterocycles. The summed E-state index contributed by atoms with van der Waals surface area (Å²) < 4.78 is 72.0. The summed E-state index contributed by atoms with van der Waals surface area (Å²) in [5.41, 5.74) is 0.0435. The summed E-state index contributed by atoms with van der Waals surface area (Å²) in [5.74, 6) is -2.80. The van der Waals surface area contributed by atoms with Crippen LogP contribution in [0.3, 0.4) is 0 Å². The fourth-order valence-corrected chi connectivity index (χ4v) is 3.39. The number of anilines is 1. The Balaban J connectivity index is 2.04. The van der Waals surface area contributed by atoms with Gasteiger partial charge in [0.2, 0.25) is 10.0 Å². The normalized spacial score (nSPS) is 16.3. The van der Waals surface area contributed by atoms with Gasteiger partial charge in [0.05, 0.1) is 11.4 Å². The molecular formula is C20H17F3N2O4S. The van der Waals surface area contributed by atoms with Crippen LogP contribution in [0.5, 0.6) is 11.5 Å². The highest BCUT2D eigenvalue weighted by molar-refractivity contribution is 7.92. The molecule has 3 rings (SSSR count). The largest absolute Gasteiger partial charge is 0.454 e. The van der Waals surface area contributed by atoms with E-state index in [1.807, 2.05) is 0 Å². The molecule has 10 heteroatoms. The summed E-state index contributed by atoms with van der Waals surface area (Å²) >= 11 is 0. The SMILES string of the molecule is CCS(=O)(=O)Nc1ccc(Oc2ccc(F)cc2F)cc1C1N=CC=C(CF)C1=O. The molecule has 1 N–H and O–H groups in total. The molecule has 0 bridgehead atoms. The van der Waals surface area contributed by atoms with Crippen molar-refractivity contribution in [1.29, 1.82) is 0 Å². The van der Waals surface area contributed by atoms with Crippen LogP contribution in [0.2, 0.25) is 0 Å². The van der Waals surface area contributed by atoms with Gasteiger partial charge in [0, 0.05) is 23.4 Å². The molecular weight excluding hydrogens is 421 g/mol. The van der Waals surface area contributed by atoms with Gasteiger partial charge in [0.1, 0.15) is 24.3 Å². The van der Waals surface area contributed by atoms with Gasteiger partial charge in [-0.1, -0.05) is 0 Å². The number of hydrogen-bond acceptors (Lipinski definition) is 5. The van der Waals surface area contributed by atoms with E-state index in [0.29, 0.717) is 6.07 Å². The van der Waals surface area contributed by atoms with Crippen molar-refractivity contribution in [2.75, 3.05) is 17.1 Å². The number of nitrogens with zero attached hydrogens (tertiary/aromatic N) is 1. The maximum absolute atomic E-state index is 13.9. The Kier molecular flexibility index (Phi) is 6.25. The topological polar surface area (TPSA) is 84.8 Å². The predicted molar refractivity (Wildman–Crippen MR) is 106 cm³/mol. The second-order valence-electron chi connectivity index (χ2n) is 6.32. The van der Waals surface area contributed by atoms with Crippen molar-refractivity contribution in [1.82, 2.24) is 0 Å². The van der Waals surface area contributed by atoms with E-state index in [0.717, 1.165) is 12.1 Å². The number of dihydropyridines is 1. The molecule has 1 aliphatic rings. The first-order chi connectivity index (χ1) is 14.2. The lowest BCUT2D eigenvalue weighted by Gasteiger charge is -2.20. The maximum atomic E-state index is 13.9.